The number of nitro groups is 1. The molecule has 1 heterocycles. The summed E-state index contributed by atoms with van der Waals surface area (Å²) in [6, 6.07) is 2.22. The maximum atomic E-state index is 12.5. The van der Waals surface area contributed by atoms with E-state index in [9.17, 15) is 18.9 Å². The predicted molar refractivity (Wildman–Crippen MR) is 50.1 cm³/mol. The van der Waals surface area contributed by atoms with E-state index in [2.05, 4.69) is 4.98 Å². The quantitative estimate of drug-likeness (QED) is 0.467. The summed E-state index contributed by atoms with van der Waals surface area (Å²) < 4.78 is 24.9. The number of hydrogen-bond acceptors (Lipinski definition) is 4. The molecule has 0 spiro atoms. The lowest BCUT2D eigenvalue weighted by Crippen LogP contribution is -2.03. The van der Waals surface area contributed by atoms with Crippen LogP contribution in [0.4, 0.5) is 14.6 Å². The molecule has 1 aromatic heterocycles. The van der Waals surface area contributed by atoms with E-state index in [1.54, 1.807) is 0 Å². The number of alkyl halides is 3. The van der Waals surface area contributed by atoms with Gasteiger partial charge in [0.2, 0.25) is 0 Å². The lowest BCUT2D eigenvalue weighted by atomic mass is 10.1. The minimum atomic E-state index is -2.93. The standard InChI is InChI=1S/C8H4ClF2N3O2/c9-2-4-1-5(7(10)11)6(3-12)13-8(4)14(15)16/h1,7H,2H2. The highest BCUT2D eigenvalue weighted by molar-refractivity contribution is 6.17. The summed E-state index contributed by atoms with van der Waals surface area (Å²) in [5.41, 5.74) is -1.44. The van der Waals surface area contributed by atoms with Crippen molar-refractivity contribution < 1.29 is 13.7 Å². The van der Waals surface area contributed by atoms with Crippen LogP contribution in [0.1, 0.15) is 23.2 Å². The summed E-state index contributed by atoms with van der Waals surface area (Å²) in [7, 11) is 0. The summed E-state index contributed by atoms with van der Waals surface area (Å²) in [5.74, 6) is -0.995. The molecule has 16 heavy (non-hydrogen) atoms. The van der Waals surface area contributed by atoms with Crippen LogP contribution in [0.15, 0.2) is 6.07 Å². The van der Waals surface area contributed by atoms with Crippen molar-refractivity contribution in [3.8, 4) is 6.07 Å². The lowest BCUT2D eigenvalue weighted by molar-refractivity contribution is -0.390. The van der Waals surface area contributed by atoms with Gasteiger partial charge in [-0.1, -0.05) is 0 Å². The van der Waals surface area contributed by atoms with Crippen molar-refractivity contribution in [2.24, 2.45) is 0 Å². The highest BCUT2D eigenvalue weighted by Gasteiger charge is 2.25. The van der Waals surface area contributed by atoms with Crippen molar-refractivity contribution in [1.29, 1.82) is 5.26 Å². The van der Waals surface area contributed by atoms with Gasteiger partial charge < -0.3 is 10.1 Å². The Kier molecular flexibility index (Phi) is 3.68. The maximum Gasteiger partial charge on any atom is 0.369 e. The van der Waals surface area contributed by atoms with Crippen molar-refractivity contribution >= 4 is 17.4 Å². The van der Waals surface area contributed by atoms with Gasteiger partial charge in [0.05, 0.1) is 17.0 Å². The van der Waals surface area contributed by atoms with E-state index in [0.29, 0.717) is 0 Å². The molecule has 0 radical (unpaired) electrons. The molecule has 0 unspecified atom stereocenters. The smallest absolute Gasteiger partial charge is 0.358 e. The summed E-state index contributed by atoms with van der Waals surface area (Å²) in [6.45, 7) is 0. The van der Waals surface area contributed by atoms with E-state index < -0.39 is 28.4 Å². The number of aromatic nitrogens is 1. The van der Waals surface area contributed by atoms with Crippen LogP contribution in [0.3, 0.4) is 0 Å². The molecule has 1 rings (SSSR count). The van der Waals surface area contributed by atoms with Crippen LogP contribution in [0.2, 0.25) is 0 Å². The summed E-state index contributed by atoms with van der Waals surface area (Å²) in [5, 5.41) is 19.1. The largest absolute Gasteiger partial charge is 0.369 e. The molecular weight excluding hydrogens is 244 g/mol. The Morgan fingerprint density at radius 1 is 1.69 bits per heavy atom. The van der Waals surface area contributed by atoms with E-state index in [4.69, 9.17) is 16.9 Å². The van der Waals surface area contributed by atoms with Crippen molar-refractivity contribution in [1.82, 2.24) is 4.98 Å². The van der Waals surface area contributed by atoms with Gasteiger partial charge in [0.1, 0.15) is 6.07 Å². The molecule has 0 atom stereocenters. The first-order valence-corrected chi connectivity index (χ1v) is 4.47. The maximum absolute atomic E-state index is 12.5. The van der Waals surface area contributed by atoms with Crippen LogP contribution in [0, 0.1) is 21.4 Å². The second-order valence-electron chi connectivity index (χ2n) is 2.71. The number of pyridine rings is 1. The first-order chi connectivity index (χ1) is 7.51. The average molecular weight is 248 g/mol. The molecule has 1 aromatic rings. The van der Waals surface area contributed by atoms with Gasteiger partial charge in [-0.15, -0.1) is 11.6 Å². The normalized spacial score (nSPS) is 10.2. The molecule has 84 valence electrons. The Morgan fingerprint density at radius 2 is 2.31 bits per heavy atom. The molecule has 0 saturated heterocycles. The van der Waals surface area contributed by atoms with Gasteiger partial charge in [0.15, 0.2) is 0 Å². The highest BCUT2D eigenvalue weighted by atomic mass is 35.5. The Morgan fingerprint density at radius 3 is 2.69 bits per heavy atom. The third-order valence-electron chi connectivity index (χ3n) is 1.77. The van der Waals surface area contributed by atoms with E-state index in [1.165, 1.54) is 6.07 Å². The Labute approximate surface area is 93.4 Å². The van der Waals surface area contributed by atoms with Gasteiger partial charge in [-0.3, -0.25) is 0 Å². The molecule has 0 aromatic carbocycles. The minimum absolute atomic E-state index is 0.138. The van der Waals surface area contributed by atoms with Gasteiger partial charge in [0, 0.05) is 0 Å². The monoisotopic (exact) mass is 247 g/mol. The van der Waals surface area contributed by atoms with Crippen LogP contribution in [0.25, 0.3) is 0 Å². The van der Waals surface area contributed by atoms with E-state index in [-0.39, 0.29) is 11.4 Å². The fourth-order valence-corrected chi connectivity index (χ4v) is 1.27. The third kappa shape index (κ3) is 2.23. The molecule has 0 bridgehead atoms. The number of nitriles is 1. The van der Waals surface area contributed by atoms with Crippen LogP contribution < -0.4 is 0 Å². The Balaban J connectivity index is 3.48. The van der Waals surface area contributed by atoms with Crippen LogP contribution in [-0.4, -0.2) is 9.91 Å². The Bertz CT molecular complexity index is 473. The average Bonchev–Trinajstić information content (AvgIpc) is 2.26. The zero-order valence-corrected chi connectivity index (χ0v) is 8.41. The van der Waals surface area contributed by atoms with Crippen LogP contribution in [0.5, 0.6) is 0 Å². The second kappa shape index (κ2) is 4.81. The van der Waals surface area contributed by atoms with Crippen molar-refractivity contribution in [3.05, 3.63) is 33.0 Å². The van der Waals surface area contributed by atoms with Gasteiger partial charge in [0.25, 0.3) is 12.1 Å². The zero-order chi connectivity index (χ0) is 12.3. The zero-order valence-electron chi connectivity index (χ0n) is 7.65. The molecule has 0 N–H and O–H groups in total. The molecule has 0 aliphatic heterocycles. The topological polar surface area (TPSA) is 79.8 Å². The minimum Gasteiger partial charge on any atom is -0.358 e. The van der Waals surface area contributed by atoms with Crippen molar-refractivity contribution in [3.63, 3.8) is 0 Å². The number of rotatable bonds is 3. The molecular formula is C8H4ClF2N3O2. The fraction of sp³-hybridized carbons (Fsp3) is 0.250. The molecule has 0 amide bonds. The molecule has 0 saturated carbocycles. The fourth-order valence-electron chi connectivity index (χ4n) is 1.08. The SMILES string of the molecule is N#Cc1nc([N+](=O)[O-])c(CCl)cc1C(F)F. The second-order valence-corrected chi connectivity index (χ2v) is 2.98. The van der Waals surface area contributed by atoms with Crippen LogP contribution >= 0.6 is 11.6 Å². The van der Waals surface area contributed by atoms with Gasteiger partial charge >= 0.3 is 5.82 Å². The third-order valence-corrected chi connectivity index (χ3v) is 2.05. The lowest BCUT2D eigenvalue weighted by Gasteiger charge is -2.03. The molecule has 8 heteroatoms. The van der Waals surface area contributed by atoms with Gasteiger partial charge in [-0.25, -0.2) is 8.78 Å². The summed E-state index contributed by atoms with van der Waals surface area (Å²) in [4.78, 5) is 12.9. The van der Waals surface area contributed by atoms with E-state index in [0.717, 1.165) is 6.07 Å². The van der Waals surface area contributed by atoms with Crippen LogP contribution in [-0.2, 0) is 5.88 Å². The molecule has 5 nitrogen and oxygen atoms in total. The van der Waals surface area contributed by atoms with Gasteiger partial charge in [-0.05, 0) is 16.0 Å². The van der Waals surface area contributed by atoms with Crippen molar-refractivity contribution in [2.75, 3.05) is 0 Å². The first-order valence-electron chi connectivity index (χ1n) is 3.93. The molecule has 0 fully saturated rings. The van der Waals surface area contributed by atoms with E-state index >= 15 is 0 Å². The number of hydrogen-bond donors (Lipinski definition) is 0. The van der Waals surface area contributed by atoms with E-state index in [1.807, 2.05) is 0 Å². The number of halogens is 3. The Hall–Kier alpha value is -1.81. The summed E-state index contributed by atoms with van der Waals surface area (Å²) in [6.07, 6.45) is -2.93. The molecule has 0 aliphatic carbocycles. The van der Waals surface area contributed by atoms with Crippen molar-refractivity contribution in [2.45, 2.75) is 12.3 Å². The van der Waals surface area contributed by atoms with Gasteiger partial charge in [-0.2, -0.15) is 5.26 Å². The number of nitrogens with zero attached hydrogens (tertiary/aromatic N) is 3. The summed E-state index contributed by atoms with van der Waals surface area (Å²) >= 11 is 5.38. The predicted octanol–water partition coefficient (Wildman–Crippen LogP) is 2.54. The molecule has 0 aliphatic rings. The first kappa shape index (κ1) is 12.3. The highest BCUT2D eigenvalue weighted by Crippen LogP contribution is 2.27.